The zero-order valence-electron chi connectivity index (χ0n) is 13.6. The van der Waals surface area contributed by atoms with Crippen LogP contribution in [0.3, 0.4) is 0 Å². The standard InChI is InChI=1S/C16H19N5O2S/c1-21(2)8-7-14-19-20-16(24-14)18-13(22)9-12-10-5-3-4-6-11(10)15(23)17-12/h3-6,12H,7-9H2,1-2H3,(H,17,23)(H,18,20,22). The fraction of sp³-hybridized carbons (Fsp3) is 0.375. The summed E-state index contributed by atoms with van der Waals surface area (Å²) in [5.74, 6) is -0.322. The van der Waals surface area contributed by atoms with Gasteiger partial charge in [0.15, 0.2) is 0 Å². The molecule has 2 heterocycles. The third-order valence-electron chi connectivity index (χ3n) is 3.76. The molecular weight excluding hydrogens is 326 g/mol. The molecular formula is C16H19N5O2S. The van der Waals surface area contributed by atoms with Crippen LogP contribution in [0.15, 0.2) is 24.3 Å². The Morgan fingerprint density at radius 2 is 2.12 bits per heavy atom. The van der Waals surface area contributed by atoms with Gasteiger partial charge in [-0.3, -0.25) is 9.59 Å². The van der Waals surface area contributed by atoms with Crippen molar-refractivity contribution in [3.8, 4) is 0 Å². The maximum absolute atomic E-state index is 12.2. The van der Waals surface area contributed by atoms with Crippen molar-refractivity contribution >= 4 is 28.3 Å². The Kier molecular flexibility index (Phi) is 4.86. The lowest BCUT2D eigenvalue weighted by atomic mass is 10.0. The van der Waals surface area contributed by atoms with E-state index in [2.05, 4.69) is 25.7 Å². The second-order valence-corrected chi connectivity index (χ2v) is 6.98. The molecule has 8 heteroatoms. The zero-order valence-corrected chi connectivity index (χ0v) is 14.4. The van der Waals surface area contributed by atoms with Gasteiger partial charge in [0.2, 0.25) is 11.0 Å². The van der Waals surface area contributed by atoms with Crippen LogP contribution >= 0.6 is 11.3 Å². The first kappa shape index (κ1) is 16.5. The molecule has 1 aliphatic heterocycles. The fourth-order valence-electron chi connectivity index (χ4n) is 2.56. The molecule has 0 bridgehead atoms. The second-order valence-electron chi connectivity index (χ2n) is 5.92. The number of nitrogens with one attached hydrogen (secondary N) is 2. The summed E-state index contributed by atoms with van der Waals surface area (Å²) in [6, 6.07) is 7.03. The summed E-state index contributed by atoms with van der Waals surface area (Å²) in [6.45, 7) is 0.882. The molecule has 7 nitrogen and oxygen atoms in total. The van der Waals surface area contributed by atoms with Crippen molar-refractivity contribution in [2.75, 3.05) is 26.0 Å². The number of rotatable bonds is 6. The summed E-state index contributed by atoms with van der Waals surface area (Å²) in [5, 5.41) is 15.1. The van der Waals surface area contributed by atoms with E-state index < -0.39 is 0 Å². The van der Waals surface area contributed by atoms with Crippen LogP contribution in [0, 0.1) is 0 Å². The number of hydrogen-bond donors (Lipinski definition) is 2. The smallest absolute Gasteiger partial charge is 0.252 e. The zero-order chi connectivity index (χ0) is 17.1. The molecule has 2 aromatic rings. The second kappa shape index (κ2) is 7.06. The Morgan fingerprint density at radius 1 is 1.33 bits per heavy atom. The van der Waals surface area contributed by atoms with Crippen LogP contribution in [0.4, 0.5) is 5.13 Å². The molecule has 0 radical (unpaired) electrons. The summed E-state index contributed by atoms with van der Waals surface area (Å²) in [6.07, 6.45) is 0.974. The van der Waals surface area contributed by atoms with E-state index in [-0.39, 0.29) is 24.3 Å². The molecule has 0 saturated heterocycles. The molecule has 1 atom stereocenters. The summed E-state index contributed by atoms with van der Waals surface area (Å²) < 4.78 is 0. The van der Waals surface area contributed by atoms with Crippen molar-refractivity contribution < 1.29 is 9.59 Å². The van der Waals surface area contributed by atoms with Crippen LogP contribution in [0.1, 0.15) is 33.4 Å². The Bertz CT molecular complexity index is 758. The average Bonchev–Trinajstić information content (AvgIpc) is 3.11. The largest absolute Gasteiger partial charge is 0.345 e. The number of fused-ring (bicyclic) bond motifs is 1. The van der Waals surface area contributed by atoms with Crippen LogP contribution in [-0.4, -0.2) is 47.6 Å². The Hall–Kier alpha value is -2.32. The van der Waals surface area contributed by atoms with Crippen molar-refractivity contribution in [1.29, 1.82) is 0 Å². The summed E-state index contributed by atoms with van der Waals surface area (Å²) in [4.78, 5) is 26.2. The Labute approximate surface area is 144 Å². The van der Waals surface area contributed by atoms with E-state index in [9.17, 15) is 9.59 Å². The number of anilines is 1. The number of nitrogens with zero attached hydrogens (tertiary/aromatic N) is 3. The lowest BCUT2D eigenvalue weighted by Gasteiger charge is -2.10. The first-order chi connectivity index (χ1) is 11.5. The van der Waals surface area contributed by atoms with Gasteiger partial charge in [0.05, 0.1) is 12.5 Å². The molecule has 0 saturated carbocycles. The molecule has 1 aromatic carbocycles. The number of hydrogen-bond acceptors (Lipinski definition) is 6. The number of benzene rings is 1. The maximum Gasteiger partial charge on any atom is 0.252 e. The van der Waals surface area contributed by atoms with E-state index in [0.717, 1.165) is 23.5 Å². The minimum absolute atomic E-state index is 0.134. The minimum Gasteiger partial charge on any atom is -0.345 e. The van der Waals surface area contributed by atoms with Gasteiger partial charge in [0.1, 0.15) is 5.01 Å². The number of aromatic nitrogens is 2. The average molecular weight is 345 g/mol. The number of likely N-dealkylation sites (N-methyl/N-ethyl adjacent to an activating group) is 1. The van der Waals surface area contributed by atoms with Crippen molar-refractivity contribution in [2.45, 2.75) is 18.9 Å². The van der Waals surface area contributed by atoms with Gasteiger partial charge < -0.3 is 15.5 Å². The molecule has 1 aliphatic rings. The van der Waals surface area contributed by atoms with Gasteiger partial charge in [-0.25, -0.2) is 0 Å². The normalized spacial score (nSPS) is 16.1. The van der Waals surface area contributed by atoms with E-state index in [4.69, 9.17) is 0 Å². The van der Waals surface area contributed by atoms with Gasteiger partial charge in [0, 0.05) is 18.5 Å². The number of carbonyl (C=O) groups is 2. The lowest BCUT2D eigenvalue weighted by Crippen LogP contribution is -2.24. The SMILES string of the molecule is CN(C)CCc1nnc(NC(=O)CC2NC(=O)c3ccccc32)s1. The molecule has 2 N–H and O–H groups in total. The molecule has 1 unspecified atom stereocenters. The minimum atomic E-state index is -0.296. The first-order valence-corrected chi connectivity index (χ1v) is 8.51. The highest BCUT2D eigenvalue weighted by molar-refractivity contribution is 7.15. The number of amides is 2. The summed E-state index contributed by atoms with van der Waals surface area (Å²) >= 11 is 1.38. The van der Waals surface area contributed by atoms with E-state index in [1.54, 1.807) is 6.07 Å². The van der Waals surface area contributed by atoms with Gasteiger partial charge in [-0.05, 0) is 25.7 Å². The van der Waals surface area contributed by atoms with Crippen LogP contribution < -0.4 is 10.6 Å². The molecule has 24 heavy (non-hydrogen) atoms. The van der Waals surface area contributed by atoms with Crippen molar-refractivity contribution in [1.82, 2.24) is 20.4 Å². The van der Waals surface area contributed by atoms with Crippen molar-refractivity contribution in [3.05, 3.63) is 40.4 Å². The van der Waals surface area contributed by atoms with Crippen molar-refractivity contribution in [3.63, 3.8) is 0 Å². The van der Waals surface area contributed by atoms with E-state index in [1.165, 1.54) is 11.3 Å². The van der Waals surface area contributed by atoms with Gasteiger partial charge in [-0.2, -0.15) is 0 Å². The number of carbonyl (C=O) groups excluding carboxylic acids is 2. The fourth-order valence-corrected chi connectivity index (χ4v) is 3.31. The molecule has 0 fully saturated rings. The van der Waals surface area contributed by atoms with E-state index in [0.29, 0.717) is 10.7 Å². The summed E-state index contributed by atoms with van der Waals surface area (Å²) in [5.41, 5.74) is 1.50. The van der Waals surface area contributed by atoms with Gasteiger partial charge >= 0.3 is 0 Å². The maximum atomic E-state index is 12.2. The first-order valence-electron chi connectivity index (χ1n) is 7.69. The highest BCUT2D eigenvalue weighted by Gasteiger charge is 2.29. The van der Waals surface area contributed by atoms with Crippen LogP contribution in [0.25, 0.3) is 0 Å². The topological polar surface area (TPSA) is 87.2 Å². The Morgan fingerprint density at radius 3 is 2.92 bits per heavy atom. The van der Waals surface area contributed by atoms with Gasteiger partial charge in [-0.15, -0.1) is 10.2 Å². The highest BCUT2D eigenvalue weighted by atomic mass is 32.1. The third kappa shape index (κ3) is 3.77. The van der Waals surface area contributed by atoms with Crippen LogP contribution in [0.5, 0.6) is 0 Å². The van der Waals surface area contributed by atoms with Crippen LogP contribution in [-0.2, 0) is 11.2 Å². The van der Waals surface area contributed by atoms with E-state index in [1.807, 2.05) is 32.3 Å². The molecule has 126 valence electrons. The van der Waals surface area contributed by atoms with Crippen molar-refractivity contribution in [2.24, 2.45) is 0 Å². The lowest BCUT2D eigenvalue weighted by molar-refractivity contribution is -0.116. The quantitative estimate of drug-likeness (QED) is 0.827. The molecule has 0 spiro atoms. The predicted octanol–water partition coefficient (Wildman–Crippen LogP) is 1.46. The Balaban J connectivity index is 1.58. The van der Waals surface area contributed by atoms with Gasteiger partial charge in [-0.1, -0.05) is 29.5 Å². The monoisotopic (exact) mass is 345 g/mol. The molecule has 0 aliphatic carbocycles. The highest BCUT2D eigenvalue weighted by Crippen LogP contribution is 2.28. The molecule has 1 aromatic heterocycles. The molecule has 2 amide bonds. The molecule has 3 rings (SSSR count). The third-order valence-corrected chi connectivity index (χ3v) is 4.66. The predicted molar refractivity (Wildman–Crippen MR) is 92.1 cm³/mol. The summed E-state index contributed by atoms with van der Waals surface area (Å²) in [7, 11) is 3.99. The van der Waals surface area contributed by atoms with Gasteiger partial charge in [0.25, 0.3) is 5.91 Å². The van der Waals surface area contributed by atoms with Crippen LogP contribution in [0.2, 0.25) is 0 Å². The van der Waals surface area contributed by atoms with E-state index >= 15 is 0 Å².